The molecule has 1 N–H and O–H groups in total. The number of aromatic amines is 1. The summed E-state index contributed by atoms with van der Waals surface area (Å²) in [4.78, 5) is 30.6. The molecule has 1 aliphatic heterocycles. The third kappa shape index (κ3) is 4.79. The Hall–Kier alpha value is -2.93. The van der Waals surface area contributed by atoms with Gasteiger partial charge in [0.1, 0.15) is 12.1 Å². The molecule has 0 saturated carbocycles. The zero-order valence-electron chi connectivity index (χ0n) is 18.0. The van der Waals surface area contributed by atoms with Crippen molar-refractivity contribution in [2.75, 3.05) is 45.2 Å². The molecule has 7 nitrogen and oxygen atoms in total. The first-order chi connectivity index (χ1) is 14.5. The summed E-state index contributed by atoms with van der Waals surface area (Å²) in [6.07, 6.45) is 4.44. The van der Waals surface area contributed by atoms with Crippen molar-refractivity contribution in [3.63, 3.8) is 0 Å². The van der Waals surface area contributed by atoms with E-state index >= 15 is 0 Å². The molecule has 30 heavy (non-hydrogen) atoms. The van der Waals surface area contributed by atoms with Crippen LogP contribution in [0.25, 0.3) is 10.9 Å². The highest BCUT2D eigenvalue weighted by Crippen LogP contribution is 2.20. The molecule has 3 aromatic rings. The summed E-state index contributed by atoms with van der Waals surface area (Å²) in [7, 11) is 3.97. The molecular formula is C23H30N6O. The molecule has 0 aliphatic carbocycles. The van der Waals surface area contributed by atoms with Gasteiger partial charge < -0.3 is 14.8 Å². The van der Waals surface area contributed by atoms with Crippen molar-refractivity contribution < 1.29 is 4.79 Å². The number of hydrogen-bond donors (Lipinski definition) is 1. The minimum atomic E-state index is 0.146. The van der Waals surface area contributed by atoms with Gasteiger partial charge in [-0.05, 0) is 41.5 Å². The summed E-state index contributed by atoms with van der Waals surface area (Å²) in [5.74, 6) is 1.39. The number of rotatable bonds is 5. The van der Waals surface area contributed by atoms with Crippen molar-refractivity contribution in [2.24, 2.45) is 5.92 Å². The summed E-state index contributed by atoms with van der Waals surface area (Å²) >= 11 is 0. The molecule has 0 radical (unpaired) electrons. The van der Waals surface area contributed by atoms with E-state index in [1.165, 1.54) is 10.9 Å². The van der Waals surface area contributed by atoms with Crippen LogP contribution in [0.5, 0.6) is 0 Å². The number of amides is 1. The predicted octanol–water partition coefficient (Wildman–Crippen LogP) is 2.55. The molecule has 1 aliphatic rings. The second-order valence-corrected chi connectivity index (χ2v) is 8.43. The molecule has 0 spiro atoms. The van der Waals surface area contributed by atoms with Crippen LogP contribution in [0.4, 0.5) is 5.82 Å². The first-order valence-corrected chi connectivity index (χ1v) is 10.5. The van der Waals surface area contributed by atoms with Gasteiger partial charge >= 0.3 is 0 Å². The van der Waals surface area contributed by atoms with Crippen molar-refractivity contribution in [1.29, 1.82) is 0 Å². The Bertz CT molecular complexity index is 1010. The highest BCUT2D eigenvalue weighted by atomic mass is 16.2. The van der Waals surface area contributed by atoms with E-state index in [2.05, 4.69) is 44.1 Å². The Kier molecular flexibility index (Phi) is 5.99. The minimum Gasteiger partial charge on any atom is -0.363 e. The van der Waals surface area contributed by atoms with Crippen LogP contribution in [0.3, 0.4) is 0 Å². The van der Waals surface area contributed by atoms with Crippen LogP contribution in [0, 0.1) is 5.92 Å². The fourth-order valence-electron chi connectivity index (χ4n) is 4.23. The molecule has 7 heteroatoms. The van der Waals surface area contributed by atoms with Gasteiger partial charge in [-0.2, -0.15) is 0 Å². The van der Waals surface area contributed by atoms with Crippen molar-refractivity contribution in [2.45, 2.75) is 19.9 Å². The Morgan fingerprint density at radius 3 is 2.83 bits per heavy atom. The minimum absolute atomic E-state index is 0.146. The van der Waals surface area contributed by atoms with Crippen molar-refractivity contribution in [1.82, 2.24) is 24.8 Å². The van der Waals surface area contributed by atoms with E-state index in [9.17, 15) is 4.79 Å². The number of benzene rings is 1. The van der Waals surface area contributed by atoms with Crippen LogP contribution < -0.4 is 4.90 Å². The maximum absolute atomic E-state index is 12.1. The number of nitrogens with one attached hydrogen (secondary N) is 1. The van der Waals surface area contributed by atoms with Crippen LogP contribution in [0.1, 0.15) is 18.2 Å². The van der Waals surface area contributed by atoms with E-state index in [1.807, 2.05) is 36.2 Å². The highest BCUT2D eigenvalue weighted by Gasteiger charge is 2.25. The molecule has 1 amide bonds. The third-order valence-electron chi connectivity index (χ3n) is 5.82. The van der Waals surface area contributed by atoms with Gasteiger partial charge in [-0.25, -0.2) is 9.97 Å². The lowest BCUT2D eigenvalue weighted by Crippen LogP contribution is -2.34. The molecule has 0 bridgehead atoms. The van der Waals surface area contributed by atoms with Gasteiger partial charge in [-0.3, -0.25) is 9.69 Å². The Morgan fingerprint density at radius 2 is 2.03 bits per heavy atom. The number of anilines is 1. The number of hydrogen-bond acceptors (Lipinski definition) is 5. The van der Waals surface area contributed by atoms with Gasteiger partial charge in [0.25, 0.3) is 0 Å². The molecular weight excluding hydrogens is 376 g/mol. The lowest BCUT2D eigenvalue weighted by Gasteiger charge is -2.24. The van der Waals surface area contributed by atoms with Crippen LogP contribution in [0.2, 0.25) is 0 Å². The normalized spacial score (nSPS) is 17.8. The van der Waals surface area contributed by atoms with Gasteiger partial charge in [-0.1, -0.05) is 6.07 Å². The van der Waals surface area contributed by atoms with Crippen LogP contribution in [0.15, 0.2) is 42.9 Å². The maximum atomic E-state index is 12.1. The lowest BCUT2D eigenvalue weighted by atomic mass is 10.0. The third-order valence-corrected chi connectivity index (χ3v) is 5.82. The number of aromatic nitrogens is 3. The lowest BCUT2D eigenvalue weighted by molar-refractivity contribution is -0.129. The number of nitrogens with zero attached hydrogens (tertiary/aromatic N) is 5. The van der Waals surface area contributed by atoms with Crippen LogP contribution in [-0.2, 0) is 17.8 Å². The summed E-state index contributed by atoms with van der Waals surface area (Å²) in [5, 5.41) is 1.24. The van der Waals surface area contributed by atoms with Gasteiger partial charge in [0.2, 0.25) is 5.91 Å². The van der Waals surface area contributed by atoms with E-state index in [-0.39, 0.29) is 5.91 Å². The molecule has 158 valence electrons. The van der Waals surface area contributed by atoms with E-state index in [1.54, 1.807) is 13.3 Å². The van der Waals surface area contributed by atoms with E-state index in [4.69, 9.17) is 0 Å². The standard InChI is InChI=1S/C23H30N6O/c1-17(30)29-9-8-28(13-18-4-5-22-20(10-18)6-7-24-22)14-19(15-29)11-21-12-23(27(2)3)26-16-25-21/h4-7,10,12,16,19,24H,8-9,11,13-15H2,1-3H3. The van der Waals surface area contributed by atoms with E-state index in [0.29, 0.717) is 5.92 Å². The van der Waals surface area contributed by atoms with Crippen LogP contribution >= 0.6 is 0 Å². The second-order valence-electron chi connectivity index (χ2n) is 8.43. The fourth-order valence-corrected chi connectivity index (χ4v) is 4.23. The number of fused-ring (bicyclic) bond motifs is 1. The Labute approximate surface area is 177 Å². The molecule has 4 rings (SSSR count). The molecule has 1 fully saturated rings. The second kappa shape index (κ2) is 8.83. The molecule has 3 heterocycles. The summed E-state index contributed by atoms with van der Waals surface area (Å²) in [5.41, 5.74) is 3.49. The highest BCUT2D eigenvalue weighted by molar-refractivity contribution is 5.79. The largest absolute Gasteiger partial charge is 0.363 e. The number of H-pyrrole nitrogens is 1. The summed E-state index contributed by atoms with van der Waals surface area (Å²) in [6, 6.07) is 10.7. The average molecular weight is 407 g/mol. The Morgan fingerprint density at radius 1 is 1.17 bits per heavy atom. The predicted molar refractivity (Wildman–Crippen MR) is 119 cm³/mol. The van der Waals surface area contributed by atoms with Crippen molar-refractivity contribution in [3.05, 3.63) is 54.1 Å². The summed E-state index contributed by atoms with van der Waals surface area (Å²) < 4.78 is 0. The molecule has 1 unspecified atom stereocenters. The first kappa shape index (κ1) is 20.3. The van der Waals surface area contributed by atoms with Gasteiger partial charge in [0.15, 0.2) is 0 Å². The van der Waals surface area contributed by atoms with Gasteiger partial charge in [0, 0.05) is 77.2 Å². The quantitative estimate of drug-likeness (QED) is 0.705. The smallest absolute Gasteiger partial charge is 0.219 e. The number of carbonyl (C=O) groups excluding carboxylic acids is 1. The molecule has 1 saturated heterocycles. The van der Waals surface area contributed by atoms with Crippen molar-refractivity contribution in [3.8, 4) is 0 Å². The monoisotopic (exact) mass is 406 g/mol. The Balaban J connectivity index is 1.50. The van der Waals surface area contributed by atoms with E-state index < -0.39 is 0 Å². The summed E-state index contributed by atoms with van der Waals surface area (Å²) in [6.45, 7) is 5.91. The average Bonchev–Trinajstić information content (AvgIpc) is 3.09. The zero-order valence-corrected chi connectivity index (χ0v) is 18.0. The first-order valence-electron chi connectivity index (χ1n) is 10.5. The van der Waals surface area contributed by atoms with Gasteiger partial charge in [0.05, 0.1) is 0 Å². The molecule has 2 aromatic heterocycles. The zero-order chi connectivity index (χ0) is 21.1. The molecule has 1 aromatic carbocycles. The molecule has 1 atom stereocenters. The van der Waals surface area contributed by atoms with E-state index in [0.717, 1.165) is 56.2 Å². The van der Waals surface area contributed by atoms with Gasteiger partial charge in [-0.15, -0.1) is 0 Å². The SMILES string of the molecule is CC(=O)N1CCN(Cc2ccc3[nH]ccc3c2)CC(Cc2cc(N(C)C)ncn2)C1. The number of carbonyl (C=O) groups is 1. The maximum Gasteiger partial charge on any atom is 0.219 e. The topological polar surface area (TPSA) is 68.4 Å². The van der Waals surface area contributed by atoms with Crippen molar-refractivity contribution >= 4 is 22.6 Å². The fraction of sp³-hybridized carbons (Fsp3) is 0.435. The van der Waals surface area contributed by atoms with Crippen LogP contribution in [-0.4, -0.2) is 70.9 Å².